The maximum Gasteiger partial charge on any atom is 0.228 e. The van der Waals surface area contributed by atoms with Gasteiger partial charge < -0.3 is 10.2 Å². The van der Waals surface area contributed by atoms with E-state index in [2.05, 4.69) is 27.1 Å². The Hall–Kier alpha value is -0.580. The molecule has 17 heavy (non-hydrogen) atoms. The summed E-state index contributed by atoms with van der Waals surface area (Å²) in [5, 5.41) is 4.25. The van der Waals surface area contributed by atoms with Crippen molar-refractivity contribution < 1.29 is 0 Å². The highest BCUT2D eigenvalue weighted by atomic mass is 35.5. The maximum atomic E-state index is 6.12. The molecule has 0 radical (unpaired) electrons. The number of aromatic nitrogens is 2. The quantitative estimate of drug-likeness (QED) is 0.840. The monoisotopic (exact) mass is 274 g/mol. The lowest BCUT2D eigenvalue weighted by Gasteiger charge is -2.34. The molecule has 0 spiro atoms. The normalized spacial score (nSPS) is 20.7. The second kappa shape index (κ2) is 5.38. The van der Waals surface area contributed by atoms with E-state index >= 15 is 0 Å². The Balaban J connectivity index is 2.32. The molecule has 1 fully saturated rings. The van der Waals surface area contributed by atoms with Crippen molar-refractivity contribution in [1.82, 2.24) is 15.3 Å². The Morgan fingerprint density at radius 3 is 2.53 bits per heavy atom. The van der Waals surface area contributed by atoms with E-state index in [0.717, 1.165) is 31.6 Å². The summed E-state index contributed by atoms with van der Waals surface area (Å²) in [6.07, 6.45) is 0.745. The first-order chi connectivity index (χ1) is 8.13. The molecule has 0 aromatic carbocycles. The van der Waals surface area contributed by atoms with Crippen molar-refractivity contribution in [1.29, 1.82) is 0 Å². The third kappa shape index (κ3) is 2.64. The summed E-state index contributed by atoms with van der Waals surface area (Å²) in [4.78, 5) is 10.8. The van der Waals surface area contributed by atoms with Crippen LogP contribution in [0.4, 0.5) is 5.95 Å². The van der Waals surface area contributed by atoms with Crippen molar-refractivity contribution >= 4 is 29.2 Å². The fourth-order valence-electron chi connectivity index (χ4n) is 1.98. The number of piperazine rings is 1. The van der Waals surface area contributed by atoms with E-state index in [-0.39, 0.29) is 0 Å². The highest BCUT2D eigenvalue weighted by molar-refractivity contribution is 6.34. The summed E-state index contributed by atoms with van der Waals surface area (Å²) in [5.41, 5.74) is 0.819. The van der Waals surface area contributed by atoms with Crippen LogP contribution in [0, 0.1) is 0 Å². The number of hydrogen-bond acceptors (Lipinski definition) is 4. The van der Waals surface area contributed by atoms with Crippen molar-refractivity contribution in [3.8, 4) is 0 Å². The van der Waals surface area contributed by atoms with Gasteiger partial charge in [-0.05, 0) is 13.3 Å². The second-order valence-electron chi connectivity index (χ2n) is 4.18. The van der Waals surface area contributed by atoms with E-state index < -0.39 is 0 Å². The van der Waals surface area contributed by atoms with Crippen LogP contribution in [0.25, 0.3) is 0 Å². The van der Waals surface area contributed by atoms with Crippen LogP contribution < -0.4 is 10.2 Å². The number of hydrogen-bond donors (Lipinski definition) is 1. The average Bonchev–Trinajstić information content (AvgIpc) is 2.29. The molecule has 1 aromatic heterocycles. The number of halogens is 2. The molecule has 4 nitrogen and oxygen atoms in total. The number of anilines is 1. The number of nitrogens with one attached hydrogen (secondary N) is 1. The van der Waals surface area contributed by atoms with Gasteiger partial charge in [-0.3, -0.25) is 0 Å². The molecule has 1 unspecified atom stereocenters. The van der Waals surface area contributed by atoms with Crippen molar-refractivity contribution in [3.63, 3.8) is 0 Å². The predicted octanol–water partition coefficient (Wildman–Crippen LogP) is 2.14. The zero-order valence-electron chi connectivity index (χ0n) is 10.0. The third-order valence-electron chi connectivity index (χ3n) is 3.01. The summed E-state index contributed by atoms with van der Waals surface area (Å²) in [6.45, 7) is 6.85. The molecule has 0 saturated carbocycles. The molecule has 0 bridgehead atoms. The Bertz CT molecular complexity index is 387. The van der Waals surface area contributed by atoms with E-state index in [1.54, 1.807) is 0 Å². The Labute approximate surface area is 111 Å². The highest BCUT2D eigenvalue weighted by Crippen LogP contribution is 2.25. The van der Waals surface area contributed by atoms with Crippen LogP contribution in [-0.2, 0) is 6.42 Å². The molecule has 2 rings (SSSR count). The van der Waals surface area contributed by atoms with Gasteiger partial charge in [0.15, 0.2) is 0 Å². The van der Waals surface area contributed by atoms with Gasteiger partial charge in [-0.1, -0.05) is 30.1 Å². The van der Waals surface area contributed by atoms with Crippen LogP contribution in [-0.4, -0.2) is 35.6 Å². The largest absolute Gasteiger partial charge is 0.335 e. The Morgan fingerprint density at radius 2 is 2.00 bits per heavy atom. The molecule has 1 aliphatic heterocycles. The Kier molecular flexibility index (Phi) is 4.07. The minimum Gasteiger partial charge on any atom is -0.335 e. The molecule has 2 heterocycles. The van der Waals surface area contributed by atoms with E-state index in [9.17, 15) is 0 Å². The summed E-state index contributed by atoms with van der Waals surface area (Å²) in [6, 6.07) is 0.350. The summed E-state index contributed by atoms with van der Waals surface area (Å²) >= 11 is 12.2. The van der Waals surface area contributed by atoms with Crippen LogP contribution >= 0.6 is 23.2 Å². The van der Waals surface area contributed by atoms with Gasteiger partial charge >= 0.3 is 0 Å². The lowest BCUT2D eigenvalue weighted by atomic mass is 10.2. The topological polar surface area (TPSA) is 41.1 Å². The second-order valence-corrected chi connectivity index (χ2v) is 4.90. The van der Waals surface area contributed by atoms with Gasteiger partial charge in [0, 0.05) is 31.2 Å². The molecular weight excluding hydrogens is 259 g/mol. The van der Waals surface area contributed by atoms with E-state index in [1.807, 2.05) is 6.92 Å². The first-order valence-electron chi connectivity index (χ1n) is 5.82. The minimum atomic E-state index is 0.350. The van der Waals surface area contributed by atoms with Crippen LogP contribution in [0.15, 0.2) is 0 Å². The van der Waals surface area contributed by atoms with Gasteiger partial charge in [0.25, 0.3) is 0 Å². The van der Waals surface area contributed by atoms with E-state index in [1.165, 1.54) is 0 Å². The van der Waals surface area contributed by atoms with Gasteiger partial charge in [-0.15, -0.1) is 0 Å². The van der Waals surface area contributed by atoms with E-state index in [4.69, 9.17) is 23.2 Å². The fraction of sp³-hybridized carbons (Fsp3) is 0.636. The van der Waals surface area contributed by atoms with Crippen molar-refractivity contribution in [2.45, 2.75) is 26.3 Å². The van der Waals surface area contributed by atoms with E-state index in [0.29, 0.717) is 22.3 Å². The highest BCUT2D eigenvalue weighted by Gasteiger charge is 2.22. The SMILES string of the molecule is CCc1c(Cl)nc(N2CCNCC2C)nc1Cl. The van der Waals surface area contributed by atoms with Gasteiger partial charge in [-0.25, -0.2) is 9.97 Å². The molecule has 0 aliphatic carbocycles. The summed E-state index contributed by atoms with van der Waals surface area (Å²) in [7, 11) is 0. The molecule has 1 saturated heterocycles. The molecule has 0 amide bonds. The first kappa shape index (κ1) is 12.9. The van der Waals surface area contributed by atoms with Crippen molar-refractivity contribution in [2.75, 3.05) is 24.5 Å². The molecule has 1 atom stereocenters. The lowest BCUT2D eigenvalue weighted by molar-refractivity contribution is 0.493. The molecule has 1 aromatic rings. The molecule has 6 heteroatoms. The van der Waals surface area contributed by atoms with Gasteiger partial charge in [0.05, 0.1) is 0 Å². The predicted molar refractivity (Wildman–Crippen MR) is 71.1 cm³/mol. The van der Waals surface area contributed by atoms with Crippen LogP contribution in [0.1, 0.15) is 19.4 Å². The minimum absolute atomic E-state index is 0.350. The van der Waals surface area contributed by atoms with Gasteiger partial charge in [0.1, 0.15) is 10.3 Å². The van der Waals surface area contributed by atoms with Crippen LogP contribution in [0.3, 0.4) is 0 Å². The Morgan fingerprint density at radius 1 is 1.35 bits per heavy atom. The van der Waals surface area contributed by atoms with Crippen LogP contribution in [0.2, 0.25) is 10.3 Å². The number of rotatable bonds is 2. The molecular formula is C11H16Cl2N4. The smallest absolute Gasteiger partial charge is 0.228 e. The fourth-order valence-corrected chi connectivity index (χ4v) is 2.62. The number of nitrogens with zero attached hydrogens (tertiary/aromatic N) is 3. The zero-order chi connectivity index (χ0) is 12.4. The lowest BCUT2D eigenvalue weighted by Crippen LogP contribution is -2.50. The summed E-state index contributed by atoms with van der Waals surface area (Å²) in [5.74, 6) is 0.631. The molecule has 94 valence electrons. The first-order valence-corrected chi connectivity index (χ1v) is 6.58. The maximum absolute atomic E-state index is 6.12. The van der Waals surface area contributed by atoms with Crippen molar-refractivity contribution in [3.05, 3.63) is 15.9 Å². The van der Waals surface area contributed by atoms with Gasteiger partial charge in [0.2, 0.25) is 5.95 Å². The molecule has 1 N–H and O–H groups in total. The van der Waals surface area contributed by atoms with Crippen molar-refractivity contribution in [2.24, 2.45) is 0 Å². The zero-order valence-corrected chi connectivity index (χ0v) is 11.5. The van der Waals surface area contributed by atoms with Crippen LogP contribution in [0.5, 0.6) is 0 Å². The molecule has 1 aliphatic rings. The van der Waals surface area contributed by atoms with Gasteiger partial charge in [-0.2, -0.15) is 0 Å². The average molecular weight is 275 g/mol. The summed E-state index contributed by atoms with van der Waals surface area (Å²) < 4.78 is 0. The standard InChI is InChI=1S/C11H16Cl2N4/c1-3-8-9(12)15-11(16-10(8)13)17-5-4-14-6-7(17)2/h7,14H,3-6H2,1-2H3. The third-order valence-corrected chi connectivity index (χ3v) is 3.63.